The lowest BCUT2D eigenvalue weighted by molar-refractivity contribution is -0.115. The summed E-state index contributed by atoms with van der Waals surface area (Å²) < 4.78 is 12.8. The summed E-state index contributed by atoms with van der Waals surface area (Å²) in [5.41, 5.74) is 1.17. The molecule has 1 heterocycles. The van der Waals surface area contributed by atoms with Crippen molar-refractivity contribution in [1.29, 1.82) is 0 Å². The van der Waals surface area contributed by atoms with Crippen molar-refractivity contribution >= 4 is 11.7 Å². The molecule has 0 atom stereocenters. The Balaban J connectivity index is 2.00. The van der Waals surface area contributed by atoms with Crippen molar-refractivity contribution in [1.82, 2.24) is 4.98 Å². The average molecular weight is 284 g/mol. The topological polar surface area (TPSA) is 62.2 Å². The van der Waals surface area contributed by atoms with Crippen molar-refractivity contribution in [2.75, 3.05) is 11.9 Å². The minimum Gasteiger partial charge on any atom is -0.384 e. The quantitative estimate of drug-likeness (QED) is 0.844. The monoisotopic (exact) mass is 284 g/mol. The minimum absolute atomic E-state index is 0.133. The molecule has 0 saturated carbocycles. The van der Waals surface area contributed by atoms with Crippen LogP contribution in [0.1, 0.15) is 11.3 Å². The van der Waals surface area contributed by atoms with Crippen LogP contribution < -0.4 is 5.32 Å². The molecular weight excluding hydrogens is 271 g/mol. The number of carbonyl (C=O) groups excluding carboxylic acids is 1. The fourth-order valence-electron chi connectivity index (χ4n) is 1.68. The highest BCUT2D eigenvalue weighted by Gasteiger charge is 2.05. The predicted octanol–water partition coefficient (Wildman–Crippen LogP) is 1.75. The third kappa shape index (κ3) is 4.71. The van der Waals surface area contributed by atoms with Crippen LogP contribution in [0.5, 0.6) is 0 Å². The van der Waals surface area contributed by atoms with E-state index in [9.17, 15) is 9.18 Å². The number of hydrogen-bond acceptors (Lipinski definition) is 3. The molecule has 0 spiro atoms. The first-order valence-electron chi connectivity index (χ1n) is 6.28. The van der Waals surface area contributed by atoms with Gasteiger partial charge in [0.15, 0.2) is 0 Å². The first-order chi connectivity index (χ1) is 10.2. The number of halogens is 1. The summed E-state index contributed by atoms with van der Waals surface area (Å²) in [6, 6.07) is 10.8. The molecule has 1 amide bonds. The first-order valence-corrected chi connectivity index (χ1v) is 6.28. The van der Waals surface area contributed by atoms with Crippen molar-refractivity contribution < 1.29 is 14.3 Å². The number of benzene rings is 1. The van der Waals surface area contributed by atoms with E-state index in [4.69, 9.17) is 5.11 Å². The molecule has 5 heteroatoms. The molecule has 106 valence electrons. The second kappa shape index (κ2) is 7.17. The number of nitrogens with one attached hydrogen (secondary N) is 1. The second-order valence-electron chi connectivity index (χ2n) is 4.22. The Bertz CT molecular complexity index is 687. The van der Waals surface area contributed by atoms with Crippen LogP contribution in [0.15, 0.2) is 42.5 Å². The van der Waals surface area contributed by atoms with Gasteiger partial charge in [-0.3, -0.25) is 4.79 Å². The van der Waals surface area contributed by atoms with E-state index in [2.05, 4.69) is 22.1 Å². The van der Waals surface area contributed by atoms with Gasteiger partial charge in [0.1, 0.15) is 23.9 Å². The molecule has 4 nitrogen and oxygen atoms in total. The molecule has 0 aliphatic carbocycles. The largest absolute Gasteiger partial charge is 0.384 e. The Morgan fingerprint density at radius 2 is 2.00 bits per heavy atom. The zero-order valence-electron chi connectivity index (χ0n) is 11.1. The molecule has 21 heavy (non-hydrogen) atoms. The molecule has 0 aliphatic heterocycles. The maximum atomic E-state index is 12.8. The predicted molar refractivity (Wildman–Crippen MR) is 76.9 cm³/mol. The molecule has 1 aromatic carbocycles. The summed E-state index contributed by atoms with van der Waals surface area (Å²) >= 11 is 0. The van der Waals surface area contributed by atoms with Crippen LogP contribution >= 0.6 is 0 Å². The zero-order valence-corrected chi connectivity index (χ0v) is 11.1. The van der Waals surface area contributed by atoms with Gasteiger partial charge in [0.25, 0.3) is 0 Å². The maximum Gasteiger partial charge on any atom is 0.229 e. The van der Waals surface area contributed by atoms with Crippen molar-refractivity contribution in [3.8, 4) is 11.8 Å². The molecule has 0 radical (unpaired) electrons. The second-order valence-corrected chi connectivity index (χ2v) is 4.22. The standard InChI is InChI=1S/C16H13FN2O2/c17-13-8-6-12(7-9-13)11-16(21)19-15-5-1-3-14(18-15)4-2-10-20/h1,3,5-9,20H,10-11H2,(H,18,19,21). The number of pyridine rings is 1. The van der Waals surface area contributed by atoms with Gasteiger partial charge in [0, 0.05) is 0 Å². The highest BCUT2D eigenvalue weighted by molar-refractivity contribution is 5.91. The van der Waals surface area contributed by atoms with Crippen molar-refractivity contribution in [3.63, 3.8) is 0 Å². The van der Waals surface area contributed by atoms with E-state index < -0.39 is 0 Å². The van der Waals surface area contributed by atoms with Gasteiger partial charge in [-0.25, -0.2) is 9.37 Å². The van der Waals surface area contributed by atoms with Gasteiger partial charge in [0.2, 0.25) is 5.91 Å². The average Bonchev–Trinajstić information content (AvgIpc) is 2.48. The number of amides is 1. The van der Waals surface area contributed by atoms with Crippen LogP contribution in [-0.4, -0.2) is 22.6 Å². The van der Waals surface area contributed by atoms with Crippen molar-refractivity contribution in [2.45, 2.75) is 6.42 Å². The molecule has 0 unspecified atom stereocenters. The fraction of sp³-hybridized carbons (Fsp3) is 0.125. The summed E-state index contributed by atoms with van der Waals surface area (Å²) in [4.78, 5) is 16.0. The van der Waals surface area contributed by atoms with Gasteiger partial charge >= 0.3 is 0 Å². The minimum atomic E-state index is -0.337. The van der Waals surface area contributed by atoms with E-state index >= 15 is 0 Å². The van der Waals surface area contributed by atoms with Gasteiger partial charge in [0.05, 0.1) is 6.42 Å². The van der Waals surface area contributed by atoms with E-state index in [1.165, 1.54) is 12.1 Å². The smallest absolute Gasteiger partial charge is 0.229 e. The van der Waals surface area contributed by atoms with Gasteiger partial charge in [-0.15, -0.1) is 0 Å². The molecule has 0 aliphatic rings. The number of aliphatic hydroxyl groups excluding tert-OH is 1. The van der Waals surface area contributed by atoms with E-state index in [0.29, 0.717) is 17.1 Å². The Kier molecular flexibility index (Phi) is 5.02. The van der Waals surface area contributed by atoms with Crippen LogP contribution in [0.25, 0.3) is 0 Å². The first kappa shape index (κ1) is 14.7. The summed E-state index contributed by atoms with van der Waals surface area (Å²) in [6.45, 7) is -0.247. The fourth-order valence-corrected chi connectivity index (χ4v) is 1.68. The van der Waals surface area contributed by atoms with Crippen molar-refractivity contribution in [3.05, 3.63) is 59.5 Å². The molecule has 2 rings (SSSR count). The highest BCUT2D eigenvalue weighted by atomic mass is 19.1. The lowest BCUT2D eigenvalue weighted by Gasteiger charge is -2.05. The van der Waals surface area contributed by atoms with Crippen molar-refractivity contribution in [2.24, 2.45) is 0 Å². The normalized spacial score (nSPS) is 9.62. The third-order valence-electron chi connectivity index (χ3n) is 2.59. The molecular formula is C16H13FN2O2. The number of aromatic nitrogens is 1. The van der Waals surface area contributed by atoms with Gasteiger partial charge in [-0.2, -0.15) is 0 Å². The zero-order chi connectivity index (χ0) is 15.1. The summed E-state index contributed by atoms with van der Waals surface area (Å²) in [5.74, 6) is 4.94. The van der Waals surface area contributed by atoms with Crippen LogP contribution in [0, 0.1) is 17.7 Å². The van der Waals surface area contributed by atoms with E-state index in [1.54, 1.807) is 30.3 Å². The molecule has 0 bridgehead atoms. The Labute approximate surface area is 121 Å². The maximum absolute atomic E-state index is 12.8. The highest BCUT2D eigenvalue weighted by Crippen LogP contribution is 2.07. The molecule has 0 fully saturated rings. The van der Waals surface area contributed by atoms with E-state index in [1.807, 2.05) is 0 Å². The summed E-state index contributed by atoms with van der Waals surface area (Å²) in [6.07, 6.45) is 0.133. The van der Waals surface area contributed by atoms with Gasteiger partial charge in [-0.05, 0) is 35.7 Å². The summed E-state index contributed by atoms with van der Waals surface area (Å²) in [7, 11) is 0. The number of hydrogen-bond donors (Lipinski definition) is 2. The van der Waals surface area contributed by atoms with E-state index in [-0.39, 0.29) is 24.8 Å². The SMILES string of the molecule is O=C(Cc1ccc(F)cc1)Nc1cccc(C#CCO)n1. The number of rotatable bonds is 3. The van der Waals surface area contributed by atoms with Crippen LogP contribution in [0.3, 0.4) is 0 Å². The van der Waals surface area contributed by atoms with Crippen LogP contribution in [0.2, 0.25) is 0 Å². The Hall–Kier alpha value is -2.71. The van der Waals surface area contributed by atoms with E-state index in [0.717, 1.165) is 0 Å². The molecule has 2 aromatic rings. The lowest BCUT2D eigenvalue weighted by Crippen LogP contribution is -2.15. The molecule has 1 aromatic heterocycles. The number of aliphatic hydroxyl groups is 1. The molecule has 2 N–H and O–H groups in total. The van der Waals surface area contributed by atoms with Gasteiger partial charge in [-0.1, -0.05) is 24.1 Å². The van der Waals surface area contributed by atoms with Crippen LogP contribution in [-0.2, 0) is 11.2 Å². The van der Waals surface area contributed by atoms with Gasteiger partial charge < -0.3 is 10.4 Å². The number of anilines is 1. The number of carbonyl (C=O) groups is 1. The lowest BCUT2D eigenvalue weighted by atomic mass is 10.1. The Morgan fingerprint density at radius 1 is 1.24 bits per heavy atom. The van der Waals surface area contributed by atoms with Crippen LogP contribution in [0.4, 0.5) is 10.2 Å². The summed E-state index contributed by atoms with van der Waals surface area (Å²) in [5, 5.41) is 11.3. The molecule has 0 saturated heterocycles. The number of nitrogens with zero attached hydrogens (tertiary/aromatic N) is 1. The third-order valence-corrected chi connectivity index (χ3v) is 2.59. The Morgan fingerprint density at radius 3 is 2.71 bits per heavy atom.